The summed E-state index contributed by atoms with van der Waals surface area (Å²) in [5, 5.41) is 17.7. The number of aromatic amines is 1. The molecule has 9 heteroatoms. The van der Waals surface area contributed by atoms with Gasteiger partial charge < -0.3 is 10.2 Å². The molecule has 0 fully saturated rings. The van der Waals surface area contributed by atoms with E-state index in [2.05, 4.69) is 0 Å². The lowest BCUT2D eigenvalue weighted by atomic mass is 10.6. The maximum Gasteiger partial charge on any atom is 0.211 e. The summed E-state index contributed by atoms with van der Waals surface area (Å²) in [4.78, 5) is 0.150. The fourth-order valence-corrected chi connectivity index (χ4v) is 2.31. The first-order chi connectivity index (χ1) is 5.95. The highest BCUT2D eigenvalue weighted by molar-refractivity contribution is 7.76. The van der Waals surface area contributed by atoms with Crippen LogP contribution in [0.25, 0.3) is 0 Å². The van der Waals surface area contributed by atoms with E-state index in [1.165, 1.54) is 0 Å². The van der Waals surface area contributed by atoms with E-state index in [0.717, 1.165) is 0 Å². The van der Waals surface area contributed by atoms with Crippen molar-refractivity contribution < 1.29 is 27.0 Å². The molecule has 0 radical (unpaired) electrons. The largest absolute Gasteiger partial charge is 0.494 e. The lowest BCUT2D eigenvalue weighted by Gasteiger charge is -1.86. The molecule has 0 atom stereocenters. The van der Waals surface area contributed by atoms with Crippen LogP contribution in [0.3, 0.4) is 0 Å². The summed E-state index contributed by atoms with van der Waals surface area (Å²) in [5.74, 6) is -1.77. The van der Waals surface area contributed by atoms with Crippen LogP contribution in [0.1, 0.15) is 0 Å². The molecule has 0 saturated carbocycles. The Kier molecular flexibility index (Phi) is 2.48. The van der Waals surface area contributed by atoms with Gasteiger partial charge in [-0.25, -0.2) is 16.8 Å². The van der Waals surface area contributed by atoms with Crippen molar-refractivity contribution in [3.05, 3.63) is 0 Å². The van der Waals surface area contributed by atoms with Crippen LogP contribution in [0.4, 0.5) is 0 Å². The Morgan fingerprint density at radius 3 is 1.38 bits per heavy atom. The number of hydrogen-bond acceptors (Lipinski definition) is 6. The molecule has 1 aromatic rings. The second kappa shape index (κ2) is 3.26. The first kappa shape index (κ1) is 9.86. The van der Waals surface area contributed by atoms with E-state index in [9.17, 15) is 16.8 Å². The highest BCUT2D eigenvalue weighted by Crippen LogP contribution is 2.31. The Labute approximate surface area is 75.5 Å². The predicted molar refractivity (Wildman–Crippen MR) is 41.3 cm³/mol. The maximum absolute atomic E-state index is 10.4. The molecule has 0 spiro atoms. The minimum Gasteiger partial charge on any atom is -0.494 e. The molecule has 13 heavy (non-hydrogen) atoms. The first-order valence-corrected chi connectivity index (χ1v) is 5.23. The molecule has 0 aliphatic rings. The van der Waals surface area contributed by atoms with Crippen molar-refractivity contribution >= 4 is 21.4 Å². The Hall–Kier alpha value is -1.22. The second-order valence-electron chi connectivity index (χ2n) is 2.03. The molecule has 1 heterocycles. The van der Waals surface area contributed by atoms with Gasteiger partial charge in [-0.1, -0.05) is 0 Å². The molecule has 0 saturated heterocycles. The van der Waals surface area contributed by atoms with Crippen molar-refractivity contribution in [3.63, 3.8) is 0 Å². The lowest BCUT2D eigenvalue weighted by Crippen LogP contribution is -1.85. The van der Waals surface area contributed by atoms with Crippen molar-refractivity contribution in [2.75, 3.05) is 0 Å². The fourth-order valence-electron chi connectivity index (χ4n) is 0.801. The molecule has 7 nitrogen and oxygen atoms in total. The van der Waals surface area contributed by atoms with Gasteiger partial charge in [0.25, 0.3) is 0 Å². The normalized spacial score (nSPS) is 11.2. The van der Waals surface area contributed by atoms with Crippen molar-refractivity contribution in [3.8, 4) is 11.8 Å². The molecule has 0 aromatic carbocycles. The number of H-pyrrole nitrogens is 1. The van der Waals surface area contributed by atoms with Gasteiger partial charge in [-0.3, -0.25) is 4.98 Å². The van der Waals surface area contributed by atoms with Gasteiger partial charge in [-0.2, -0.15) is 0 Å². The Morgan fingerprint density at radius 2 is 1.15 bits per heavy atom. The van der Waals surface area contributed by atoms with E-state index in [-0.39, 0.29) is 0 Å². The number of thiol groups is 2. The summed E-state index contributed by atoms with van der Waals surface area (Å²) in [6.07, 6.45) is 0. The zero-order valence-corrected chi connectivity index (χ0v) is 7.71. The summed E-state index contributed by atoms with van der Waals surface area (Å²) in [6.45, 7) is 0. The van der Waals surface area contributed by atoms with Crippen LogP contribution >= 0.6 is 0 Å². The third-order valence-corrected chi connectivity index (χ3v) is 3.05. The van der Waals surface area contributed by atoms with Gasteiger partial charge in [0.1, 0.15) is 9.79 Å². The molecule has 0 unspecified atom stereocenters. The minimum absolute atomic E-state index is 0.816. The van der Waals surface area contributed by atoms with E-state index in [0.29, 0.717) is 0 Å². The van der Waals surface area contributed by atoms with Crippen LogP contribution in [0.2, 0.25) is 0 Å². The van der Waals surface area contributed by atoms with Crippen molar-refractivity contribution in [2.24, 2.45) is 0 Å². The monoisotopic (exact) mass is 227 g/mol. The fraction of sp³-hybridized carbons (Fsp3) is 0. The zero-order chi connectivity index (χ0) is 10.2. The third kappa shape index (κ3) is 1.60. The number of rotatable bonds is 2. The van der Waals surface area contributed by atoms with Crippen molar-refractivity contribution in [1.82, 2.24) is 4.98 Å². The van der Waals surface area contributed by atoms with E-state index in [1.54, 1.807) is 4.98 Å². The van der Waals surface area contributed by atoms with Gasteiger partial charge in [0.15, 0.2) is 21.4 Å². The molecule has 0 bridgehead atoms. The molecule has 0 aliphatic carbocycles. The molecular weight excluding hydrogens is 222 g/mol. The smallest absolute Gasteiger partial charge is 0.211 e. The van der Waals surface area contributed by atoms with E-state index in [4.69, 9.17) is 10.2 Å². The molecule has 3 N–H and O–H groups in total. The predicted octanol–water partition coefficient (Wildman–Crippen LogP) is -1.63. The van der Waals surface area contributed by atoms with E-state index >= 15 is 0 Å². The van der Waals surface area contributed by atoms with Crippen LogP contribution in [-0.4, -0.2) is 32.0 Å². The SMILES string of the molecule is O=[SH](=O)c1c(O)[nH]c(O)c1[SH](=O)=O. The standard InChI is InChI=1S/C4H5NO6S2/c6-3-1(12(8)9)2(13(10)11)4(7)5-3/h5-7,12-13H. The molecule has 1 rings (SSSR count). The number of aromatic nitrogens is 1. The van der Waals surface area contributed by atoms with Crippen LogP contribution in [0, 0.1) is 0 Å². The Bertz CT molecular complexity index is 423. The van der Waals surface area contributed by atoms with Gasteiger partial charge in [0, 0.05) is 0 Å². The first-order valence-electron chi connectivity index (χ1n) is 2.87. The maximum atomic E-state index is 10.4. The van der Waals surface area contributed by atoms with Crippen molar-refractivity contribution in [2.45, 2.75) is 9.79 Å². The van der Waals surface area contributed by atoms with Crippen LogP contribution in [-0.2, 0) is 21.4 Å². The van der Waals surface area contributed by atoms with Crippen LogP contribution < -0.4 is 0 Å². The van der Waals surface area contributed by atoms with Gasteiger partial charge >= 0.3 is 0 Å². The highest BCUT2D eigenvalue weighted by atomic mass is 32.2. The molecule has 0 aliphatic heterocycles. The second-order valence-corrected chi connectivity index (χ2v) is 3.96. The van der Waals surface area contributed by atoms with Gasteiger partial charge in [0.05, 0.1) is 0 Å². The number of aromatic hydroxyl groups is 2. The summed E-state index contributed by atoms with van der Waals surface area (Å²) in [5.41, 5.74) is 0. The Morgan fingerprint density at radius 1 is 0.846 bits per heavy atom. The van der Waals surface area contributed by atoms with Crippen LogP contribution in [0.5, 0.6) is 11.8 Å². The highest BCUT2D eigenvalue weighted by Gasteiger charge is 2.21. The van der Waals surface area contributed by atoms with E-state index < -0.39 is 43.0 Å². The van der Waals surface area contributed by atoms with Gasteiger partial charge in [-0.15, -0.1) is 0 Å². The summed E-state index contributed by atoms with van der Waals surface area (Å²) in [7, 11) is -6.55. The molecule has 0 amide bonds. The molecular formula is C4H5NO6S2. The minimum atomic E-state index is -3.27. The number of hydrogen-bond donors (Lipinski definition) is 5. The van der Waals surface area contributed by atoms with Gasteiger partial charge in [-0.05, 0) is 0 Å². The Balaban J connectivity index is 3.66. The topological polar surface area (TPSA) is 125 Å². The molecule has 1 aromatic heterocycles. The average molecular weight is 227 g/mol. The van der Waals surface area contributed by atoms with Crippen molar-refractivity contribution in [1.29, 1.82) is 0 Å². The third-order valence-electron chi connectivity index (χ3n) is 1.27. The summed E-state index contributed by atoms with van der Waals surface area (Å²) in [6, 6.07) is 0. The average Bonchev–Trinajstić information content (AvgIpc) is 2.24. The zero-order valence-electron chi connectivity index (χ0n) is 5.92. The summed E-state index contributed by atoms with van der Waals surface area (Å²) < 4.78 is 41.8. The van der Waals surface area contributed by atoms with Gasteiger partial charge in [0.2, 0.25) is 11.8 Å². The molecule has 74 valence electrons. The van der Waals surface area contributed by atoms with E-state index in [1.807, 2.05) is 0 Å². The van der Waals surface area contributed by atoms with Crippen LogP contribution in [0.15, 0.2) is 9.79 Å². The lowest BCUT2D eigenvalue weighted by molar-refractivity contribution is 0.418. The quantitative estimate of drug-likeness (QED) is 0.386. The number of nitrogens with one attached hydrogen (secondary N) is 1. The summed E-state index contributed by atoms with van der Waals surface area (Å²) >= 11 is 0.